The Labute approximate surface area is 157 Å². The monoisotopic (exact) mass is 375 g/mol. The lowest BCUT2D eigenvalue weighted by atomic mass is 10.0. The minimum absolute atomic E-state index is 0.165. The zero-order valence-electron chi connectivity index (χ0n) is 16.5. The highest BCUT2D eigenvalue weighted by atomic mass is 32.2. The maximum atomic E-state index is 13.0. The van der Waals surface area contributed by atoms with E-state index in [0.29, 0.717) is 10.5 Å². The molecule has 1 unspecified atom stereocenters. The van der Waals surface area contributed by atoms with Crippen LogP contribution in [0.15, 0.2) is 41.3 Å². The summed E-state index contributed by atoms with van der Waals surface area (Å²) in [6, 6.07) is 11.2. The fraction of sp³-hybridized carbons (Fsp3) is 0.429. The van der Waals surface area contributed by atoms with Gasteiger partial charge in [-0.2, -0.15) is 0 Å². The molecule has 0 radical (unpaired) electrons. The van der Waals surface area contributed by atoms with E-state index in [1.54, 1.807) is 26.2 Å². The molecule has 2 aromatic carbocycles. The first kappa shape index (κ1) is 20.5. The van der Waals surface area contributed by atoms with Gasteiger partial charge in [-0.05, 0) is 60.6 Å². The molecule has 0 aromatic heterocycles. The van der Waals surface area contributed by atoms with Crippen LogP contribution >= 0.6 is 0 Å². The molecule has 4 nitrogen and oxygen atoms in total. The number of nitrogens with one attached hydrogen (secondary N) is 1. The van der Waals surface area contributed by atoms with Gasteiger partial charge in [0, 0.05) is 6.04 Å². The molecule has 2 rings (SSSR count). The number of benzene rings is 2. The average Bonchev–Trinajstić information content (AvgIpc) is 2.60. The predicted octanol–water partition coefficient (Wildman–Crippen LogP) is 4.73. The molecule has 1 atom stereocenters. The highest BCUT2D eigenvalue weighted by molar-refractivity contribution is 7.89. The van der Waals surface area contributed by atoms with E-state index in [1.165, 1.54) is 5.56 Å². The lowest BCUT2D eigenvalue weighted by molar-refractivity contribution is 0.406. The normalized spacial score (nSPS) is 13.0. The zero-order valence-corrected chi connectivity index (χ0v) is 17.3. The van der Waals surface area contributed by atoms with Gasteiger partial charge in [0.1, 0.15) is 5.75 Å². The fourth-order valence-electron chi connectivity index (χ4n) is 3.00. The van der Waals surface area contributed by atoms with E-state index >= 15 is 0 Å². The summed E-state index contributed by atoms with van der Waals surface area (Å²) in [5.74, 6) is 0.887. The molecule has 142 valence electrons. The number of hydrogen-bond acceptors (Lipinski definition) is 3. The predicted molar refractivity (Wildman–Crippen MR) is 106 cm³/mol. The Kier molecular flexibility index (Phi) is 6.48. The SMILES string of the molecule is CCc1ccc(C(C)NS(=O)(=O)c2cc(C(C)C)c(OC)cc2C)cc1. The van der Waals surface area contributed by atoms with E-state index in [0.717, 1.165) is 23.3 Å². The van der Waals surface area contributed by atoms with Crippen LogP contribution in [0, 0.1) is 6.92 Å². The summed E-state index contributed by atoms with van der Waals surface area (Å²) in [4.78, 5) is 0.305. The lowest BCUT2D eigenvalue weighted by Gasteiger charge is -2.19. The van der Waals surface area contributed by atoms with Gasteiger partial charge in [-0.3, -0.25) is 0 Å². The topological polar surface area (TPSA) is 55.4 Å². The van der Waals surface area contributed by atoms with E-state index < -0.39 is 10.0 Å². The second-order valence-corrected chi connectivity index (χ2v) is 8.63. The minimum atomic E-state index is -3.64. The van der Waals surface area contributed by atoms with Crippen LogP contribution < -0.4 is 9.46 Å². The molecule has 2 aromatic rings. The maximum absolute atomic E-state index is 13.0. The largest absolute Gasteiger partial charge is 0.496 e. The standard InChI is InChI=1S/C21H29NO3S/c1-7-17-8-10-18(11-9-17)16(5)22-26(23,24)21-13-19(14(2)3)20(25-6)12-15(21)4/h8-14,16,22H,7H2,1-6H3. The van der Waals surface area contributed by atoms with Crippen LogP contribution in [-0.4, -0.2) is 15.5 Å². The molecule has 0 saturated carbocycles. The van der Waals surface area contributed by atoms with Gasteiger partial charge in [0.05, 0.1) is 12.0 Å². The van der Waals surface area contributed by atoms with Crippen molar-refractivity contribution in [3.05, 3.63) is 58.7 Å². The summed E-state index contributed by atoms with van der Waals surface area (Å²) in [5, 5.41) is 0. The van der Waals surface area contributed by atoms with Crippen molar-refractivity contribution in [2.24, 2.45) is 0 Å². The van der Waals surface area contributed by atoms with Crippen LogP contribution in [0.1, 0.15) is 61.9 Å². The Morgan fingerprint density at radius 1 is 1.08 bits per heavy atom. The van der Waals surface area contributed by atoms with Gasteiger partial charge in [-0.25, -0.2) is 13.1 Å². The quantitative estimate of drug-likeness (QED) is 0.761. The van der Waals surface area contributed by atoms with Gasteiger partial charge in [-0.15, -0.1) is 0 Å². The lowest BCUT2D eigenvalue weighted by Crippen LogP contribution is -2.27. The number of hydrogen-bond donors (Lipinski definition) is 1. The van der Waals surface area contributed by atoms with Gasteiger partial charge in [-0.1, -0.05) is 45.0 Å². The van der Waals surface area contributed by atoms with E-state index in [4.69, 9.17) is 4.74 Å². The zero-order chi connectivity index (χ0) is 19.5. The van der Waals surface area contributed by atoms with Crippen molar-refractivity contribution in [1.29, 1.82) is 0 Å². The molecule has 1 N–H and O–H groups in total. The third-order valence-corrected chi connectivity index (χ3v) is 6.34. The Hall–Kier alpha value is -1.85. The third kappa shape index (κ3) is 4.46. The highest BCUT2D eigenvalue weighted by Crippen LogP contribution is 2.32. The first-order valence-electron chi connectivity index (χ1n) is 8.99. The number of ether oxygens (including phenoxy) is 1. The summed E-state index contributed by atoms with van der Waals surface area (Å²) in [5.41, 5.74) is 3.74. The van der Waals surface area contributed by atoms with Crippen LogP contribution in [0.3, 0.4) is 0 Å². The smallest absolute Gasteiger partial charge is 0.241 e. The molecule has 5 heteroatoms. The molecule has 0 aliphatic rings. The van der Waals surface area contributed by atoms with Gasteiger partial charge >= 0.3 is 0 Å². The fourth-order valence-corrected chi connectivity index (χ4v) is 4.49. The van der Waals surface area contributed by atoms with Crippen molar-refractivity contribution in [2.75, 3.05) is 7.11 Å². The van der Waals surface area contributed by atoms with E-state index in [2.05, 4.69) is 11.6 Å². The number of sulfonamides is 1. The van der Waals surface area contributed by atoms with E-state index in [-0.39, 0.29) is 12.0 Å². The summed E-state index contributed by atoms with van der Waals surface area (Å²) < 4.78 is 34.2. The second-order valence-electron chi connectivity index (χ2n) is 6.95. The van der Waals surface area contributed by atoms with E-state index in [9.17, 15) is 8.42 Å². The summed E-state index contributed by atoms with van der Waals surface area (Å²) in [7, 11) is -2.03. The maximum Gasteiger partial charge on any atom is 0.241 e. The first-order valence-corrected chi connectivity index (χ1v) is 10.5. The Morgan fingerprint density at radius 3 is 2.19 bits per heavy atom. The highest BCUT2D eigenvalue weighted by Gasteiger charge is 2.23. The second kappa shape index (κ2) is 8.23. The van der Waals surface area contributed by atoms with Crippen molar-refractivity contribution < 1.29 is 13.2 Å². The molecule has 0 saturated heterocycles. The van der Waals surface area contributed by atoms with Crippen molar-refractivity contribution in [2.45, 2.75) is 57.9 Å². The summed E-state index contributed by atoms with van der Waals surface area (Å²) in [6.07, 6.45) is 0.962. The third-order valence-electron chi connectivity index (χ3n) is 4.66. The van der Waals surface area contributed by atoms with E-state index in [1.807, 2.05) is 45.0 Å². The molecular formula is C21H29NO3S. The van der Waals surface area contributed by atoms with Crippen LogP contribution in [0.5, 0.6) is 5.75 Å². The van der Waals surface area contributed by atoms with Crippen molar-refractivity contribution in [3.63, 3.8) is 0 Å². The molecular weight excluding hydrogens is 346 g/mol. The van der Waals surface area contributed by atoms with Crippen LogP contribution in [0.25, 0.3) is 0 Å². The number of rotatable bonds is 7. The van der Waals surface area contributed by atoms with Crippen molar-refractivity contribution in [3.8, 4) is 5.75 Å². The molecule has 0 aliphatic carbocycles. The molecule has 0 spiro atoms. The molecule has 0 bridgehead atoms. The van der Waals surface area contributed by atoms with Gasteiger partial charge in [0.15, 0.2) is 0 Å². The first-order chi connectivity index (χ1) is 12.2. The number of aryl methyl sites for hydroxylation is 2. The minimum Gasteiger partial charge on any atom is -0.496 e. The van der Waals surface area contributed by atoms with Crippen molar-refractivity contribution in [1.82, 2.24) is 4.72 Å². The molecule has 0 fully saturated rings. The van der Waals surface area contributed by atoms with Gasteiger partial charge in [0.25, 0.3) is 0 Å². The molecule has 0 heterocycles. The molecule has 0 aliphatic heterocycles. The average molecular weight is 376 g/mol. The summed E-state index contributed by atoms with van der Waals surface area (Å²) >= 11 is 0. The Bertz CT molecular complexity index is 856. The van der Waals surface area contributed by atoms with Crippen molar-refractivity contribution >= 4 is 10.0 Å². The van der Waals surface area contributed by atoms with Crippen LogP contribution in [-0.2, 0) is 16.4 Å². The Morgan fingerprint density at radius 2 is 1.69 bits per heavy atom. The molecule has 26 heavy (non-hydrogen) atoms. The Balaban J connectivity index is 2.35. The van der Waals surface area contributed by atoms with Crippen LogP contribution in [0.2, 0.25) is 0 Å². The molecule has 0 amide bonds. The summed E-state index contributed by atoms with van der Waals surface area (Å²) in [6.45, 7) is 9.80. The van der Waals surface area contributed by atoms with Gasteiger partial charge < -0.3 is 4.74 Å². The number of methoxy groups -OCH3 is 1. The van der Waals surface area contributed by atoms with Crippen LogP contribution in [0.4, 0.5) is 0 Å². The van der Waals surface area contributed by atoms with Gasteiger partial charge in [0.2, 0.25) is 10.0 Å².